The smallest absolute Gasteiger partial charge is 0.337 e. The van der Waals surface area contributed by atoms with Gasteiger partial charge in [-0.25, -0.2) is 13.2 Å². The predicted molar refractivity (Wildman–Crippen MR) is 111 cm³/mol. The van der Waals surface area contributed by atoms with Crippen LogP contribution in [0.1, 0.15) is 29.3 Å². The summed E-state index contributed by atoms with van der Waals surface area (Å²) in [5.74, 6) is 0.151. The van der Waals surface area contributed by atoms with Crippen molar-refractivity contribution in [1.29, 1.82) is 0 Å². The number of carbonyl (C=O) groups excluding carboxylic acids is 1. The fourth-order valence-corrected chi connectivity index (χ4v) is 5.67. The summed E-state index contributed by atoms with van der Waals surface area (Å²) in [6.45, 7) is 4.36. The molecule has 2 aromatic carbocycles. The van der Waals surface area contributed by atoms with E-state index in [2.05, 4.69) is 9.46 Å². The van der Waals surface area contributed by atoms with E-state index >= 15 is 0 Å². The summed E-state index contributed by atoms with van der Waals surface area (Å²) in [5, 5.41) is 0.849. The van der Waals surface area contributed by atoms with Crippen molar-refractivity contribution in [2.75, 3.05) is 18.4 Å². The Bertz CT molecular complexity index is 1120. The van der Waals surface area contributed by atoms with Gasteiger partial charge in [-0.15, -0.1) is 11.3 Å². The summed E-state index contributed by atoms with van der Waals surface area (Å²) >= 11 is 1.18. The minimum absolute atomic E-state index is 0.221. The van der Waals surface area contributed by atoms with Gasteiger partial charge in [0.1, 0.15) is 9.96 Å². The second-order valence-corrected chi connectivity index (χ2v) is 9.07. The van der Waals surface area contributed by atoms with Gasteiger partial charge in [0.25, 0.3) is 10.0 Å². The van der Waals surface area contributed by atoms with Crippen LogP contribution in [0.4, 0.5) is 5.69 Å². The molecule has 1 N–H and O–H groups in total. The highest BCUT2D eigenvalue weighted by Crippen LogP contribution is 2.40. The highest BCUT2D eigenvalue weighted by molar-refractivity contribution is 7.94. The minimum Gasteiger partial charge on any atom is -0.492 e. The van der Waals surface area contributed by atoms with E-state index in [4.69, 9.17) is 4.74 Å². The van der Waals surface area contributed by atoms with Gasteiger partial charge in [-0.1, -0.05) is 25.1 Å². The molecule has 0 unspecified atom stereocenters. The largest absolute Gasteiger partial charge is 0.492 e. The van der Waals surface area contributed by atoms with Crippen LogP contribution in [0.3, 0.4) is 0 Å². The number of ether oxygens (including phenoxy) is 2. The molecule has 0 aliphatic carbocycles. The Morgan fingerprint density at radius 3 is 2.64 bits per heavy atom. The van der Waals surface area contributed by atoms with Crippen molar-refractivity contribution in [1.82, 2.24) is 0 Å². The SMILES string of the molecule is CCCOc1cccc2c(C)c(S(=O)(=O)Nc3cccc(C(=O)OC)c3)sc12. The Balaban J connectivity index is 1.99. The zero-order valence-electron chi connectivity index (χ0n) is 15.8. The zero-order valence-corrected chi connectivity index (χ0v) is 17.4. The van der Waals surface area contributed by atoms with Crippen molar-refractivity contribution in [3.05, 3.63) is 53.6 Å². The van der Waals surface area contributed by atoms with Crippen molar-refractivity contribution in [3.8, 4) is 5.75 Å². The summed E-state index contributed by atoms with van der Waals surface area (Å²) in [6, 6.07) is 11.8. The molecule has 0 aliphatic rings. The molecule has 1 heterocycles. The Morgan fingerprint density at radius 1 is 1.18 bits per heavy atom. The summed E-state index contributed by atoms with van der Waals surface area (Å²) in [5.41, 5.74) is 1.23. The lowest BCUT2D eigenvalue weighted by atomic mass is 10.2. The Labute approximate surface area is 168 Å². The van der Waals surface area contributed by atoms with Crippen LogP contribution in [-0.2, 0) is 14.8 Å². The van der Waals surface area contributed by atoms with Crippen LogP contribution in [0, 0.1) is 6.92 Å². The van der Waals surface area contributed by atoms with Gasteiger partial charge in [0.15, 0.2) is 0 Å². The zero-order chi connectivity index (χ0) is 20.3. The minimum atomic E-state index is -3.83. The first kappa shape index (κ1) is 20.2. The van der Waals surface area contributed by atoms with Gasteiger partial charge < -0.3 is 9.47 Å². The molecular weight excluding hydrogens is 398 g/mol. The normalized spacial score (nSPS) is 11.4. The van der Waals surface area contributed by atoms with Crippen molar-refractivity contribution in [2.24, 2.45) is 0 Å². The molecule has 1 aromatic heterocycles. The molecule has 0 bridgehead atoms. The fraction of sp³-hybridized carbons (Fsp3) is 0.250. The third-order valence-electron chi connectivity index (χ3n) is 4.13. The molecule has 0 amide bonds. The topological polar surface area (TPSA) is 81.7 Å². The van der Waals surface area contributed by atoms with E-state index in [1.165, 1.54) is 24.5 Å². The molecule has 3 aromatic rings. The average molecular weight is 420 g/mol. The van der Waals surface area contributed by atoms with Gasteiger partial charge in [-0.05, 0) is 43.2 Å². The van der Waals surface area contributed by atoms with E-state index in [0.717, 1.165) is 16.5 Å². The first-order chi connectivity index (χ1) is 13.4. The Hall–Kier alpha value is -2.58. The number of thiophene rings is 1. The molecular formula is C20H21NO5S2. The number of fused-ring (bicyclic) bond motifs is 1. The Kier molecular flexibility index (Phi) is 5.90. The van der Waals surface area contributed by atoms with Crippen LogP contribution in [0.25, 0.3) is 10.1 Å². The van der Waals surface area contributed by atoms with Crippen LogP contribution in [0.2, 0.25) is 0 Å². The predicted octanol–water partition coefficient (Wildman–Crippen LogP) is 4.59. The number of hydrogen-bond acceptors (Lipinski definition) is 6. The van der Waals surface area contributed by atoms with Crippen LogP contribution >= 0.6 is 11.3 Å². The number of aryl methyl sites for hydroxylation is 1. The number of methoxy groups -OCH3 is 1. The van der Waals surface area contributed by atoms with Crippen molar-refractivity contribution in [3.63, 3.8) is 0 Å². The number of sulfonamides is 1. The van der Waals surface area contributed by atoms with Crippen molar-refractivity contribution >= 4 is 43.1 Å². The molecule has 8 heteroatoms. The van der Waals surface area contributed by atoms with Gasteiger partial charge in [-0.3, -0.25) is 4.72 Å². The summed E-state index contributed by atoms with van der Waals surface area (Å²) in [6.07, 6.45) is 0.865. The number of carbonyl (C=O) groups is 1. The summed E-state index contributed by atoms with van der Waals surface area (Å²) in [4.78, 5) is 11.7. The number of rotatable bonds is 7. The van der Waals surface area contributed by atoms with Gasteiger partial charge in [0.2, 0.25) is 0 Å². The van der Waals surface area contributed by atoms with Gasteiger partial charge in [0.05, 0.1) is 24.0 Å². The lowest BCUT2D eigenvalue weighted by molar-refractivity contribution is 0.0600. The lowest BCUT2D eigenvalue weighted by Crippen LogP contribution is -2.13. The first-order valence-electron chi connectivity index (χ1n) is 8.73. The monoisotopic (exact) mass is 419 g/mol. The van der Waals surface area contributed by atoms with E-state index in [1.807, 2.05) is 25.1 Å². The molecule has 3 rings (SSSR count). The van der Waals surface area contributed by atoms with Gasteiger partial charge >= 0.3 is 5.97 Å². The van der Waals surface area contributed by atoms with E-state index in [9.17, 15) is 13.2 Å². The number of nitrogens with one attached hydrogen (secondary N) is 1. The van der Waals surface area contributed by atoms with Crippen LogP contribution in [-0.4, -0.2) is 28.1 Å². The molecule has 0 atom stereocenters. The summed E-state index contributed by atoms with van der Waals surface area (Å²) < 4.78 is 40.0. The molecule has 0 saturated heterocycles. The lowest BCUT2D eigenvalue weighted by Gasteiger charge is -2.08. The van der Waals surface area contributed by atoms with Crippen LogP contribution in [0.15, 0.2) is 46.7 Å². The Morgan fingerprint density at radius 2 is 1.93 bits per heavy atom. The molecule has 28 heavy (non-hydrogen) atoms. The summed E-state index contributed by atoms with van der Waals surface area (Å²) in [7, 11) is -2.56. The standard InChI is InChI=1S/C20H21NO5S2/c1-4-11-26-17-10-6-9-16-13(2)20(27-18(16)17)28(23,24)21-15-8-5-7-14(12-15)19(22)25-3/h5-10,12,21H,4,11H2,1-3H3. The maximum absolute atomic E-state index is 13.0. The molecule has 6 nitrogen and oxygen atoms in total. The maximum atomic E-state index is 13.0. The number of esters is 1. The van der Waals surface area contributed by atoms with Gasteiger partial charge in [0, 0.05) is 11.1 Å². The third kappa shape index (κ3) is 3.98. The molecule has 0 radical (unpaired) electrons. The third-order valence-corrected chi connectivity index (χ3v) is 7.45. The average Bonchev–Trinajstić information content (AvgIpc) is 3.04. The van der Waals surface area contributed by atoms with E-state index in [1.54, 1.807) is 25.1 Å². The van der Waals surface area contributed by atoms with Gasteiger partial charge in [-0.2, -0.15) is 0 Å². The second kappa shape index (κ2) is 8.20. The van der Waals surface area contributed by atoms with E-state index in [0.29, 0.717) is 23.6 Å². The quantitative estimate of drug-likeness (QED) is 0.567. The fourth-order valence-electron chi connectivity index (χ4n) is 2.81. The molecule has 0 fully saturated rings. The first-order valence-corrected chi connectivity index (χ1v) is 11.0. The number of anilines is 1. The van der Waals surface area contributed by atoms with Crippen molar-refractivity contribution in [2.45, 2.75) is 24.5 Å². The molecule has 0 aliphatic heterocycles. The van der Waals surface area contributed by atoms with Crippen LogP contribution in [0.5, 0.6) is 5.75 Å². The maximum Gasteiger partial charge on any atom is 0.337 e. The van der Waals surface area contributed by atoms with Crippen molar-refractivity contribution < 1.29 is 22.7 Å². The van der Waals surface area contributed by atoms with E-state index in [-0.39, 0.29) is 9.77 Å². The molecule has 0 spiro atoms. The number of benzene rings is 2. The highest BCUT2D eigenvalue weighted by atomic mass is 32.2. The van der Waals surface area contributed by atoms with Crippen LogP contribution < -0.4 is 9.46 Å². The highest BCUT2D eigenvalue weighted by Gasteiger charge is 2.23. The molecule has 0 saturated carbocycles. The second-order valence-electron chi connectivity index (χ2n) is 6.17. The molecule has 148 valence electrons. The number of hydrogen-bond donors (Lipinski definition) is 1. The van der Waals surface area contributed by atoms with E-state index < -0.39 is 16.0 Å².